The second kappa shape index (κ2) is 8.67. The Labute approximate surface area is 142 Å². The first kappa shape index (κ1) is 17.5. The van der Waals surface area contributed by atoms with Gasteiger partial charge in [0.05, 0.1) is 0 Å². The van der Waals surface area contributed by atoms with Gasteiger partial charge in [0.2, 0.25) is 0 Å². The molecule has 1 amide bonds. The molecule has 0 aromatic heterocycles. The molecule has 0 aliphatic heterocycles. The van der Waals surface area contributed by atoms with Crippen LogP contribution in [0.4, 0.5) is 5.69 Å². The van der Waals surface area contributed by atoms with E-state index in [9.17, 15) is 9.59 Å². The van der Waals surface area contributed by atoms with Crippen LogP contribution >= 0.6 is 0 Å². The summed E-state index contributed by atoms with van der Waals surface area (Å²) < 4.78 is 4.96. The van der Waals surface area contributed by atoms with Crippen molar-refractivity contribution in [2.75, 3.05) is 11.9 Å². The Balaban J connectivity index is 1.82. The van der Waals surface area contributed by atoms with E-state index in [2.05, 4.69) is 5.32 Å². The van der Waals surface area contributed by atoms with Crippen LogP contribution in [0.1, 0.15) is 23.6 Å². The van der Waals surface area contributed by atoms with E-state index < -0.39 is 5.97 Å². The first-order valence-electron chi connectivity index (χ1n) is 7.87. The second-order valence-corrected chi connectivity index (χ2v) is 5.41. The molecule has 1 N–H and O–H groups in total. The van der Waals surface area contributed by atoms with Crippen LogP contribution in [-0.2, 0) is 20.7 Å². The van der Waals surface area contributed by atoms with E-state index in [1.54, 1.807) is 6.08 Å². The summed E-state index contributed by atoms with van der Waals surface area (Å²) in [5.41, 5.74) is 3.84. The molecular weight excluding hydrogens is 302 g/mol. The van der Waals surface area contributed by atoms with Crippen LogP contribution < -0.4 is 5.32 Å². The van der Waals surface area contributed by atoms with Crippen LogP contribution in [0.5, 0.6) is 0 Å². The molecule has 4 heteroatoms. The Bertz CT molecular complexity index is 733. The van der Waals surface area contributed by atoms with Gasteiger partial charge in [-0.25, -0.2) is 4.79 Å². The Kier molecular flexibility index (Phi) is 6.32. The van der Waals surface area contributed by atoms with Crippen LogP contribution in [0.2, 0.25) is 0 Å². The van der Waals surface area contributed by atoms with Gasteiger partial charge in [0, 0.05) is 11.8 Å². The van der Waals surface area contributed by atoms with Gasteiger partial charge in [-0.05, 0) is 36.6 Å². The Morgan fingerprint density at radius 2 is 1.79 bits per heavy atom. The van der Waals surface area contributed by atoms with Gasteiger partial charge in [-0.1, -0.05) is 55.0 Å². The Hall–Kier alpha value is -2.88. The lowest BCUT2D eigenvalue weighted by atomic mass is 10.1. The van der Waals surface area contributed by atoms with Gasteiger partial charge in [-0.3, -0.25) is 4.79 Å². The molecule has 0 fully saturated rings. The molecule has 24 heavy (non-hydrogen) atoms. The van der Waals surface area contributed by atoms with Crippen LogP contribution in [0.3, 0.4) is 0 Å². The maximum Gasteiger partial charge on any atom is 0.331 e. The highest BCUT2D eigenvalue weighted by atomic mass is 16.5. The van der Waals surface area contributed by atoms with Crippen molar-refractivity contribution in [2.45, 2.75) is 20.3 Å². The van der Waals surface area contributed by atoms with Crippen molar-refractivity contribution in [1.29, 1.82) is 0 Å². The number of hydrogen-bond donors (Lipinski definition) is 1. The summed E-state index contributed by atoms with van der Waals surface area (Å²) in [6.45, 7) is 3.70. The molecule has 4 nitrogen and oxygen atoms in total. The maximum atomic E-state index is 11.9. The molecule has 124 valence electrons. The summed E-state index contributed by atoms with van der Waals surface area (Å²) in [7, 11) is 0. The quantitative estimate of drug-likeness (QED) is 0.650. The lowest BCUT2D eigenvalue weighted by Crippen LogP contribution is -2.20. The largest absolute Gasteiger partial charge is 0.452 e. The predicted octanol–water partition coefficient (Wildman–Crippen LogP) is 3.75. The molecule has 2 aromatic rings. The number of carbonyl (C=O) groups is 2. The molecule has 0 heterocycles. The van der Waals surface area contributed by atoms with Gasteiger partial charge in [0.25, 0.3) is 5.91 Å². The third-order valence-corrected chi connectivity index (χ3v) is 3.51. The number of amides is 1. The van der Waals surface area contributed by atoms with E-state index in [0.717, 1.165) is 28.8 Å². The van der Waals surface area contributed by atoms with Gasteiger partial charge >= 0.3 is 5.97 Å². The summed E-state index contributed by atoms with van der Waals surface area (Å²) in [6, 6.07) is 15.3. The number of para-hydroxylation sites is 1. The molecule has 2 rings (SSSR count). The van der Waals surface area contributed by atoms with Gasteiger partial charge in [0.15, 0.2) is 6.61 Å². The van der Waals surface area contributed by atoms with Gasteiger partial charge < -0.3 is 10.1 Å². The number of rotatable bonds is 6. The van der Waals surface area contributed by atoms with Crippen molar-refractivity contribution in [3.8, 4) is 0 Å². The minimum absolute atomic E-state index is 0.310. The summed E-state index contributed by atoms with van der Waals surface area (Å²) in [5.74, 6) is -0.900. The number of aryl methyl sites for hydroxylation is 2. The van der Waals surface area contributed by atoms with Crippen molar-refractivity contribution in [2.24, 2.45) is 0 Å². The molecule has 0 radical (unpaired) electrons. The second-order valence-electron chi connectivity index (χ2n) is 5.41. The van der Waals surface area contributed by atoms with Crippen molar-refractivity contribution >= 4 is 23.6 Å². The minimum Gasteiger partial charge on any atom is -0.452 e. The zero-order valence-electron chi connectivity index (χ0n) is 13.9. The van der Waals surface area contributed by atoms with E-state index in [-0.39, 0.29) is 12.5 Å². The molecule has 2 aromatic carbocycles. The van der Waals surface area contributed by atoms with E-state index in [1.807, 2.05) is 62.4 Å². The smallest absolute Gasteiger partial charge is 0.331 e. The number of nitrogens with one attached hydrogen (secondary N) is 1. The van der Waals surface area contributed by atoms with E-state index in [1.165, 1.54) is 6.08 Å². The fourth-order valence-electron chi connectivity index (χ4n) is 2.16. The van der Waals surface area contributed by atoms with Gasteiger partial charge in [-0.2, -0.15) is 0 Å². The molecule has 0 unspecified atom stereocenters. The van der Waals surface area contributed by atoms with Crippen LogP contribution in [-0.4, -0.2) is 18.5 Å². The van der Waals surface area contributed by atoms with E-state index in [0.29, 0.717) is 0 Å². The molecule has 0 atom stereocenters. The summed E-state index contributed by atoms with van der Waals surface area (Å²) >= 11 is 0. The number of hydrogen-bond acceptors (Lipinski definition) is 3. The van der Waals surface area contributed by atoms with Crippen LogP contribution in [0.15, 0.2) is 54.6 Å². The molecule has 0 aliphatic carbocycles. The number of esters is 1. The maximum absolute atomic E-state index is 11.9. The highest BCUT2D eigenvalue weighted by Crippen LogP contribution is 2.15. The molecule has 0 bridgehead atoms. The number of carbonyl (C=O) groups excluding carboxylic acids is 2. The topological polar surface area (TPSA) is 55.4 Å². The van der Waals surface area contributed by atoms with Crippen LogP contribution in [0.25, 0.3) is 6.08 Å². The normalized spacial score (nSPS) is 10.6. The van der Waals surface area contributed by atoms with Gasteiger partial charge in [0.1, 0.15) is 0 Å². The fraction of sp³-hybridized carbons (Fsp3) is 0.200. The van der Waals surface area contributed by atoms with E-state index >= 15 is 0 Å². The van der Waals surface area contributed by atoms with Crippen molar-refractivity contribution in [1.82, 2.24) is 0 Å². The number of anilines is 1. The third-order valence-electron chi connectivity index (χ3n) is 3.51. The minimum atomic E-state index is -0.547. The standard InChI is InChI=1S/C20H21NO3/c1-3-17-6-4-5-7-18(17)21-19(22)14-24-20(23)13-12-16-10-8-15(2)9-11-16/h4-13H,3,14H2,1-2H3,(H,21,22). The van der Waals surface area contributed by atoms with Crippen molar-refractivity contribution in [3.63, 3.8) is 0 Å². The average molecular weight is 323 g/mol. The predicted molar refractivity (Wildman–Crippen MR) is 95.6 cm³/mol. The SMILES string of the molecule is CCc1ccccc1NC(=O)COC(=O)C=Cc1ccc(C)cc1. The zero-order chi connectivity index (χ0) is 17.4. The Morgan fingerprint density at radius 1 is 1.08 bits per heavy atom. The van der Waals surface area contributed by atoms with Gasteiger partial charge in [-0.15, -0.1) is 0 Å². The highest BCUT2D eigenvalue weighted by molar-refractivity contribution is 5.95. The summed E-state index contributed by atoms with van der Waals surface area (Å²) in [6.07, 6.45) is 3.79. The molecule has 0 saturated heterocycles. The molecular formula is C20H21NO3. The zero-order valence-corrected chi connectivity index (χ0v) is 13.9. The lowest BCUT2D eigenvalue weighted by Gasteiger charge is -2.09. The number of benzene rings is 2. The highest BCUT2D eigenvalue weighted by Gasteiger charge is 2.07. The molecule has 0 spiro atoms. The van der Waals surface area contributed by atoms with Crippen molar-refractivity contribution < 1.29 is 14.3 Å². The lowest BCUT2D eigenvalue weighted by molar-refractivity contribution is -0.142. The van der Waals surface area contributed by atoms with Crippen molar-refractivity contribution in [3.05, 3.63) is 71.3 Å². The fourth-order valence-corrected chi connectivity index (χ4v) is 2.16. The summed E-state index contributed by atoms with van der Waals surface area (Å²) in [4.78, 5) is 23.6. The van der Waals surface area contributed by atoms with Crippen LogP contribution in [0, 0.1) is 6.92 Å². The number of ether oxygens (including phenoxy) is 1. The third kappa shape index (κ3) is 5.39. The molecule has 0 saturated carbocycles. The summed E-state index contributed by atoms with van der Waals surface area (Å²) in [5, 5.41) is 2.76. The monoisotopic (exact) mass is 323 g/mol. The first-order valence-corrected chi connectivity index (χ1v) is 7.87. The van der Waals surface area contributed by atoms with E-state index in [4.69, 9.17) is 4.74 Å². The first-order chi connectivity index (χ1) is 11.6. The average Bonchev–Trinajstić information content (AvgIpc) is 2.60. The Morgan fingerprint density at radius 3 is 2.50 bits per heavy atom. The molecule has 0 aliphatic rings.